The highest BCUT2D eigenvalue weighted by Gasteiger charge is 2.25. The zero-order chi connectivity index (χ0) is 15.0. The summed E-state index contributed by atoms with van der Waals surface area (Å²) in [5, 5.41) is 9.73. The van der Waals surface area contributed by atoms with E-state index in [1.54, 1.807) is 12.1 Å². The van der Waals surface area contributed by atoms with Gasteiger partial charge in [0.1, 0.15) is 11.1 Å². The molecule has 0 unspecified atom stereocenters. The summed E-state index contributed by atoms with van der Waals surface area (Å²) >= 11 is 4.64. The van der Waals surface area contributed by atoms with Crippen molar-refractivity contribution in [2.75, 3.05) is 4.72 Å². The van der Waals surface area contributed by atoms with Crippen LogP contribution in [0.15, 0.2) is 33.6 Å². The van der Waals surface area contributed by atoms with Gasteiger partial charge in [-0.05, 0) is 43.0 Å². The van der Waals surface area contributed by atoms with Gasteiger partial charge >= 0.3 is 0 Å². The van der Waals surface area contributed by atoms with Gasteiger partial charge in [0.2, 0.25) is 0 Å². The minimum Gasteiger partial charge on any atom is -0.269 e. The third-order valence-electron chi connectivity index (χ3n) is 3.37. The van der Waals surface area contributed by atoms with E-state index in [0.29, 0.717) is 15.0 Å². The van der Waals surface area contributed by atoms with Gasteiger partial charge in [0.05, 0.1) is 10.5 Å². The third-order valence-corrected chi connectivity index (χ3v) is 6.54. The number of nitriles is 1. The van der Waals surface area contributed by atoms with Gasteiger partial charge < -0.3 is 0 Å². The number of halogens is 1. The molecule has 0 atom stereocenters. The Kier molecular flexibility index (Phi) is 3.78. The predicted molar refractivity (Wildman–Crippen MR) is 86.0 cm³/mol. The van der Waals surface area contributed by atoms with Gasteiger partial charge in [-0.1, -0.05) is 22.0 Å². The molecule has 3 rings (SSSR count). The van der Waals surface area contributed by atoms with Crippen LogP contribution in [-0.2, 0) is 22.9 Å². The highest BCUT2D eigenvalue weighted by molar-refractivity contribution is 9.10. The van der Waals surface area contributed by atoms with Crippen LogP contribution in [-0.4, -0.2) is 8.42 Å². The molecule has 1 heterocycles. The zero-order valence-corrected chi connectivity index (χ0v) is 14.1. The number of nitrogens with one attached hydrogen (secondary N) is 1. The molecule has 108 valence electrons. The van der Waals surface area contributed by atoms with Crippen molar-refractivity contribution in [1.82, 2.24) is 0 Å². The van der Waals surface area contributed by atoms with Gasteiger partial charge in [0.25, 0.3) is 10.0 Å². The van der Waals surface area contributed by atoms with E-state index in [4.69, 9.17) is 0 Å². The molecular weight excluding hydrogens is 372 g/mol. The number of anilines is 1. The van der Waals surface area contributed by atoms with Gasteiger partial charge in [-0.3, -0.25) is 4.72 Å². The first kappa shape index (κ1) is 14.6. The van der Waals surface area contributed by atoms with Crippen LogP contribution in [0.3, 0.4) is 0 Å². The number of fused-ring (bicyclic) bond motifs is 1. The molecular formula is C14H11BrN2O2S2. The van der Waals surface area contributed by atoms with Crippen molar-refractivity contribution >= 4 is 42.3 Å². The molecule has 4 nitrogen and oxygen atoms in total. The number of aryl methyl sites for hydroxylation is 1. The summed E-state index contributed by atoms with van der Waals surface area (Å²) in [6.45, 7) is 0. The first-order valence-corrected chi connectivity index (χ1v) is 9.43. The summed E-state index contributed by atoms with van der Waals surface area (Å²) in [5.41, 5.74) is 1.49. The Morgan fingerprint density at radius 3 is 2.86 bits per heavy atom. The minimum atomic E-state index is -3.68. The number of benzene rings is 1. The van der Waals surface area contributed by atoms with Crippen LogP contribution in [0.5, 0.6) is 0 Å². The van der Waals surface area contributed by atoms with Gasteiger partial charge in [-0.15, -0.1) is 11.3 Å². The van der Waals surface area contributed by atoms with Gasteiger partial charge in [-0.25, -0.2) is 8.42 Å². The molecule has 1 aromatic heterocycles. The summed E-state index contributed by atoms with van der Waals surface area (Å²) in [7, 11) is -3.68. The Balaban J connectivity index is 1.99. The number of sulfonamides is 1. The fraction of sp³-hybridized carbons (Fsp3) is 0.214. The van der Waals surface area contributed by atoms with E-state index in [9.17, 15) is 13.7 Å². The van der Waals surface area contributed by atoms with Crippen LogP contribution < -0.4 is 4.72 Å². The number of hydrogen-bond acceptors (Lipinski definition) is 4. The van der Waals surface area contributed by atoms with Gasteiger partial charge in [0, 0.05) is 9.35 Å². The molecule has 0 spiro atoms. The standard InChI is InChI=1S/C14H11BrN2O2S2/c15-9-3-1-4-10(7-9)21(18,19)17-14-12(8-16)11-5-2-6-13(11)20-14/h1,3-4,7,17H,2,5-6H2. The lowest BCUT2D eigenvalue weighted by atomic mass is 10.1. The largest absolute Gasteiger partial charge is 0.269 e. The first-order valence-electron chi connectivity index (χ1n) is 6.34. The van der Waals surface area contributed by atoms with Crippen molar-refractivity contribution in [3.63, 3.8) is 0 Å². The van der Waals surface area contributed by atoms with Crippen LogP contribution in [0.2, 0.25) is 0 Å². The van der Waals surface area contributed by atoms with E-state index in [2.05, 4.69) is 26.7 Å². The number of nitrogens with zero attached hydrogens (tertiary/aromatic N) is 1. The second-order valence-corrected chi connectivity index (χ2v) is 8.44. The molecule has 2 aromatic rings. The SMILES string of the molecule is N#Cc1c(NS(=O)(=O)c2cccc(Br)c2)sc2c1CCC2. The number of rotatable bonds is 3. The number of thiophene rings is 1. The maximum Gasteiger partial charge on any atom is 0.262 e. The highest BCUT2D eigenvalue weighted by atomic mass is 79.9. The number of hydrogen-bond donors (Lipinski definition) is 1. The normalized spacial score (nSPS) is 13.7. The lowest BCUT2D eigenvalue weighted by molar-refractivity contribution is 0.601. The summed E-state index contributed by atoms with van der Waals surface area (Å²) in [6.07, 6.45) is 2.81. The lowest BCUT2D eigenvalue weighted by Gasteiger charge is -2.07. The maximum absolute atomic E-state index is 12.4. The van der Waals surface area contributed by atoms with E-state index in [1.807, 2.05) is 0 Å². The summed E-state index contributed by atoms with van der Waals surface area (Å²) in [5.74, 6) is 0. The van der Waals surface area contributed by atoms with E-state index < -0.39 is 10.0 Å². The fourth-order valence-corrected chi connectivity index (χ4v) is 5.55. The van der Waals surface area contributed by atoms with Crippen LogP contribution in [0.4, 0.5) is 5.00 Å². The van der Waals surface area contributed by atoms with Crippen molar-refractivity contribution in [3.05, 3.63) is 44.7 Å². The molecule has 1 aromatic carbocycles. The van der Waals surface area contributed by atoms with Crippen molar-refractivity contribution in [2.24, 2.45) is 0 Å². The Labute approximate surface area is 135 Å². The fourth-order valence-electron chi connectivity index (χ4n) is 2.41. The zero-order valence-electron chi connectivity index (χ0n) is 10.9. The Morgan fingerprint density at radius 2 is 2.14 bits per heavy atom. The van der Waals surface area contributed by atoms with E-state index >= 15 is 0 Å². The van der Waals surface area contributed by atoms with E-state index in [0.717, 1.165) is 29.7 Å². The first-order chi connectivity index (χ1) is 10.0. The molecule has 1 aliphatic rings. The van der Waals surface area contributed by atoms with E-state index in [-0.39, 0.29) is 4.90 Å². The lowest BCUT2D eigenvalue weighted by Crippen LogP contribution is -2.12. The predicted octanol–water partition coefficient (Wildman–Crippen LogP) is 3.67. The van der Waals surface area contributed by atoms with Crippen molar-refractivity contribution < 1.29 is 8.42 Å². The molecule has 0 radical (unpaired) electrons. The summed E-state index contributed by atoms with van der Waals surface area (Å²) in [4.78, 5) is 1.30. The van der Waals surface area contributed by atoms with Gasteiger partial charge in [-0.2, -0.15) is 5.26 Å². The van der Waals surface area contributed by atoms with Crippen LogP contribution in [0.1, 0.15) is 22.4 Å². The third kappa shape index (κ3) is 2.71. The quantitative estimate of drug-likeness (QED) is 0.879. The second kappa shape index (κ2) is 5.44. The minimum absolute atomic E-state index is 0.175. The topological polar surface area (TPSA) is 70.0 Å². The molecule has 0 fully saturated rings. The molecule has 7 heteroatoms. The molecule has 0 bridgehead atoms. The van der Waals surface area contributed by atoms with Crippen LogP contribution in [0, 0.1) is 11.3 Å². The van der Waals surface area contributed by atoms with Crippen LogP contribution in [0.25, 0.3) is 0 Å². The summed E-state index contributed by atoms with van der Waals surface area (Å²) < 4.78 is 28.1. The molecule has 0 aliphatic heterocycles. The Bertz CT molecular complexity index is 850. The molecule has 0 saturated carbocycles. The average molecular weight is 383 g/mol. The monoisotopic (exact) mass is 382 g/mol. The van der Waals surface area contributed by atoms with Gasteiger partial charge in [0.15, 0.2) is 0 Å². The molecule has 0 saturated heterocycles. The molecule has 0 amide bonds. The molecule has 21 heavy (non-hydrogen) atoms. The van der Waals surface area contributed by atoms with E-state index in [1.165, 1.54) is 23.5 Å². The van der Waals surface area contributed by atoms with Crippen molar-refractivity contribution in [3.8, 4) is 6.07 Å². The average Bonchev–Trinajstić information content (AvgIpc) is 2.98. The Hall–Kier alpha value is -1.36. The second-order valence-electron chi connectivity index (χ2n) is 4.74. The molecule has 1 aliphatic carbocycles. The summed E-state index contributed by atoms with van der Waals surface area (Å²) in [6, 6.07) is 8.63. The van der Waals surface area contributed by atoms with Crippen LogP contribution >= 0.6 is 27.3 Å². The smallest absolute Gasteiger partial charge is 0.262 e. The van der Waals surface area contributed by atoms with Crippen molar-refractivity contribution in [1.29, 1.82) is 5.26 Å². The Morgan fingerprint density at radius 1 is 1.33 bits per heavy atom. The molecule has 1 N–H and O–H groups in total. The van der Waals surface area contributed by atoms with Crippen molar-refractivity contribution in [2.45, 2.75) is 24.2 Å². The highest BCUT2D eigenvalue weighted by Crippen LogP contribution is 2.39. The maximum atomic E-state index is 12.4.